The van der Waals surface area contributed by atoms with Gasteiger partial charge >= 0.3 is 6.18 Å². The molecule has 0 saturated heterocycles. The number of aromatic hydroxyl groups is 1. The zero-order valence-electron chi connectivity index (χ0n) is 17.3. The van der Waals surface area contributed by atoms with Gasteiger partial charge in [0.1, 0.15) is 11.6 Å². The highest BCUT2D eigenvalue weighted by Gasteiger charge is 2.56. The quantitative estimate of drug-likeness (QED) is 0.563. The Bertz CT molecular complexity index is 1180. The van der Waals surface area contributed by atoms with E-state index in [9.17, 15) is 32.6 Å². The van der Waals surface area contributed by atoms with Crippen molar-refractivity contribution in [1.82, 2.24) is 4.57 Å². The lowest BCUT2D eigenvalue weighted by Gasteiger charge is -2.38. The molecule has 2 N–H and O–H groups in total. The summed E-state index contributed by atoms with van der Waals surface area (Å²) in [6, 6.07) is 9.26. The van der Waals surface area contributed by atoms with Crippen molar-refractivity contribution in [2.75, 3.05) is 0 Å². The molecule has 8 heteroatoms. The largest absolute Gasteiger partial charge is 0.508 e. The number of hydrogen-bond acceptors (Lipinski definition) is 3. The van der Waals surface area contributed by atoms with E-state index in [1.54, 1.807) is 12.1 Å². The fourth-order valence-corrected chi connectivity index (χ4v) is 4.03. The number of hydrogen-bond donors (Lipinski definition) is 2. The van der Waals surface area contributed by atoms with Gasteiger partial charge in [-0.1, -0.05) is 26.0 Å². The van der Waals surface area contributed by atoms with Crippen molar-refractivity contribution in [1.29, 1.82) is 0 Å². The number of phenols is 1. The molecule has 1 aromatic heterocycles. The molecular formula is C23H23F4NO3. The van der Waals surface area contributed by atoms with Gasteiger partial charge < -0.3 is 14.8 Å². The van der Waals surface area contributed by atoms with Gasteiger partial charge in [0.2, 0.25) is 0 Å². The third-order valence-electron chi connectivity index (χ3n) is 5.55. The van der Waals surface area contributed by atoms with Crippen LogP contribution in [0.25, 0.3) is 10.9 Å². The molecule has 3 rings (SSSR count). The minimum atomic E-state index is -5.04. The molecule has 166 valence electrons. The number of nitrogens with zero attached hydrogens (tertiary/aromatic N) is 1. The smallest absolute Gasteiger partial charge is 0.418 e. The molecular weight excluding hydrogens is 414 g/mol. The second-order valence-electron chi connectivity index (χ2n) is 8.54. The predicted molar refractivity (Wildman–Crippen MR) is 110 cm³/mol. The molecule has 0 amide bonds. The zero-order chi connectivity index (χ0) is 23.2. The molecule has 0 aliphatic heterocycles. The van der Waals surface area contributed by atoms with Crippen molar-refractivity contribution in [3.63, 3.8) is 0 Å². The number of aryl methyl sites for hydroxylation is 1. The van der Waals surface area contributed by atoms with Gasteiger partial charge in [0, 0.05) is 22.7 Å². The van der Waals surface area contributed by atoms with Crippen LogP contribution in [0, 0.1) is 12.7 Å². The summed E-state index contributed by atoms with van der Waals surface area (Å²) in [7, 11) is 0. The van der Waals surface area contributed by atoms with E-state index in [4.69, 9.17) is 0 Å². The summed E-state index contributed by atoms with van der Waals surface area (Å²) in [6.45, 7) is 3.41. The number of alkyl halides is 3. The van der Waals surface area contributed by atoms with Gasteiger partial charge in [-0.25, -0.2) is 4.39 Å². The number of phenolic OH excluding ortho intramolecular Hbond substituents is 1. The average Bonchev–Trinajstić information content (AvgIpc) is 2.66. The molecule has 0 saturated carbocycles. The van der Waals surface area contributed by atoms with E-state index in [2.05, 4.69) is 0 Å². The Kier molecular flexibility index (Phi) is 5.65. The number of benzene rings is 2. The van der Waals surface area contributed by atoms with Crippen LogP contribution in [0.5, 0.6) is 5.75 Å². The minimum absolute atomic E-state index is 0.0453. The molecule has 1 unspecified atom stereocenters. The maximum Gasteiger partial charge on any atom is 0.418 e. The SMILES string of the molecule is Cc1cn(CC(O)(CC(C)(C)c2cc(F)ccc2O)C(F)(F)F)c2ccccc2c1=O. The Balaban J connectivity index is 2.11. The first-order valence-electron chi connectivity index (χ1n) is 9.62. The summed E-state index contributed by atoms with van der Waals surface area (Å²) in [5.41, 5.74) is -4.50. The van der Waals surface area contributed by atoms with Crippen LogP contribution >= 0.6 is 0 Å². The topological polar surface area (TPSA) is 62.5 Å². The van der Waals surface area contributed by atoms with Crippen LogP contribution in [0.3, 0.4) is 0 Å². The summed E-state index contributed by atoms with van der Waals surface area (Å²) < 4.78 is 57.3. The third-order valence-corrected chi connectivity index (χ3v) is 5.55. The van der Waals surface area contributed by atoms with Crippen LogP contribution < -0.4 is 5.43 Å². The lowest BCUT2D eigenvalue weighted by atomic mass is 9.74. The van der Waals surface area contributed by atoms with E-state index in [1.807, 2.05) is 0 Å². The lowest BCUT2D eigenvalue weighted by Crippen LogP contribution is -2.52. The second kappa shape index (κ2) is 7.67. The van der Waals surface area contributed by atoms with Crippen molar-refractivity contribution in [3.8, 4) is 5.75 Å². The number of rotatable bonds is 5. The molecule has 31 heavy (non-hydrogen) atoms. The predicted octanol–water partition coefficient (Wildman–Crippen LogP) is 4.82. The Morgan fingerprint density at radius 1 is 1.06 bits per heavy atom. The van der Waals surface area contributed by atoms with E-state index in [1.165, 1.54) is 43.7 Å². The molecule has 0 aliphatic carbocycles. The van der Waals surface area contributed by atoms with E-state index >= 15 is 0 Å². The molecule has 2 aromatic carbocycles. The van der Waals surface area contributed by atoms with E-state index in [-0.39, 0.29) is 33.2 Å². The van der Waals surface area contributed by atoms with Gasteiger partial charge in [0.15, 0.2) is 11.0 Å². The van der Waals surface area contributed by atoms with Crippen LogP contribution in [0.4, 0.5) is 17.6 Å². The van der Waals surface area contributed by atoms with Gasteiger partial charge in [0.25, 0.3) is 0 Å². The first kappa shape index (κ1) is 22.8. The number of halogens is 4. The summed E-state index contributed by atoms with van der Waals surface area (Å²) in [5.74, 6) is -1.07. The summed E-state index contributed by atoms with van der Waals surface area (Å²) in [4.78, 5) is 12.4. The van der Waals surface area contributed by atoms with Crippen molar-refractivity contribution in [2.24, 2.45) is 0 Å². The fraction of sp³-hybridized carbons (Fsp3) is 0.348. The Labute approximate surface area is 176 Å². The van der Waals surface area contributed by atoms with E-state index in [0.717, 1.165) is 18.2 Å². The molecule has 1 atom stereocenters. The number of para-hydroxylation sites is 1. The zero-order valence-corrected chi connectivity index (χ0v) is 17.3. The number of aliphatic hydroxyl groups is 1. The molecule has 0 fully saturated rings. The van der Waals surface area contributed by atoms with Gasteiger partial charge in [-0.2, -0.15) is 13.2 Å². The molecule has 0 radical (unpaired) electrons. The molecule has 0 aliphatic rings. The van der Waals surface area contributed by atoms with Crippen molar-refractivity contribution >= 4 is 10.9 Å². The first-order chi connectivity index (χ1) is 14.2. The molecule has 4 nitrogen and oxygen atoms in total. The summed E-state index contributed by atoms with van der Waals surface area (Å²) >= 11 is 0. The van der Waals surface area contributed by atoms with Gasteiger partial charge in [-0.3, -0.25) is 4.79 Å². The molecule has 0 spiro atoms. The highest BCUT2D eigenvalue weighted by atomic mass is 19.4. The Hall–Kier alpha value is -2.87. The highest BCUT2D eigenvalue weighted by Crippen LogP contribution is 2.44. The van der Waals surface area contributed by atoms with Gasteiger partial charge in [-0.05, 0) is 49.1 Å². The number of pyridine rings is 1. The average molecular weight is 437 g/mol. The van der Waals surface area contributed by atoms with Gasteiger partial charge in [0.05, 0.1) is 12.1 Å². The normalized spacial score (nSPS) is 14.6. The van der Waals surface area contributed by atoms with Crippen LogP contribution in [0.1, 0.15) is 31.4 Å². The Morgan fingerprint density at radius 2 is 1.71 bits per heavy atom. The van der Waals surface area contributed by atoms with E-state index < -0.39 is 36.0 Å². The van der Waals surface area contributed by atoms with Crippen LogP contribution in [-0.4, -0.2) is 26.6 Å². The summed E-state index contributed by atoms with van der Waals surface area (Å²) in [6.07, 6.45) is -4.60. The van der Waals surface area contributed by atoms with Crippen molar-refractivity contribution < 1.29 is 27.8 Å². The highest BCUT2D eigenvalue weighted by molar-refractivity contribution is 5.79. The first-order valence-corrected chi connectivity index (χ1v) is 9.62. The van der Waals surface area contributed by atoms with Crippen LogP contribution in [0.15, 0.2) is 53.5 Å². The van der Waals surface area contributed by atoms with Crippen LogP contribution in [-0.2, 0) is 12.0 Å². The monoisotopic (exact) mass is 437 g/mol. The molecule has 3 aromatic rings. The lowest BCUT2D eigenvalue weighted by molar-refractivity contribution is -0.271. The third kappa shape index (κ3) is 4.30. The Morgan fingerprint density at radius 3 is 2.35 bits per heavy atom. The minimum Gasteiger partial charge on any atom is -0.508 e. The van der Waals surface area contributed by atoms with Crippen molar-refractivity contribution in [3.05, 3.63) is 75.8 Å². The maximum atomic E-state index is 14.1. The fourth-order valence-electron chi connectivity index (χ4n) is 4.03. The van der Waals surface area contributed by atoms with Gasteiger partial charge in [-0.15, -0.1) is 0 Å². The molecule has 0 bridgehead atoms. The van der Waals surface area contributed by atoms with Crippen LogP contribution in [0.2, 0.25) is 0 Å². The number of aromatic nitrogens is 1. The van der Waals surface area contributed by atoms with Crippen molar-refractivity contribution in [2.45, 2.75) is 50.9 Å². The second-order valence-corrected chi connectivity index (χ2v) is 8.54. The molecule has 1 heterocycles. The summed E-state index contributed by atoms with van der Waals surface area (Å²) in [5, 5.41) is 21.2. The maximum absolute atomic E-state index is 14.1. The standard InChI is InChI=1S/C23H23F4NO3/c1-14-11-28(18-7-5-4-6-16(18)20(14)30)13-22(31,23(25,26)27)12-21(2,3)17-10-15(24)8-9-19(17)29/h4-11,29,31H,12-13H2,1-3H3. The van der Waals surface area contributed by atoms with E-state index in [0.29, 0.717) is 0 Å². The number of fused-ring (bicyclic) bond motifs is 1.